The molecule has 0 saturated carbocycles. The number of anilines is 1. The highest BCUT2D eigenvalue weighted by Gasteiger charge is 2.30. The van der Waals surface area contributed by atoms with E-state index in [4.69, 9.17) is 14.5 Å². The van der Waals surface area contributed by atoms with Gasteiger partial charge in [-0.05, 0) is 90.8 Å². The standard InChI is InChI=1S/C41H43N3O4/c1-26(2)24-44(40(46)47-25-36-33-13-9-7-11-31(33)32-12-8-10-14-34(32)36)30-19-20-37-35(21-30)38(28-17-15-27(3)16-18-28)29(22-42-37)23-43-39(45)48-41(4,5)6/h7-22,26,36H,23-25H2,1-6H3,(H,43,45). The Morgan fingerprint density at radius 3 is 2.17 bits per heavy atom. The Morgan fingerprint density at radius 2 is 1.54 bits per heavy atom. The Hall–Kier alpha value is -5.17. The highest BCUT2D eigenvalue weighted by molar-refractivity contribution is 6.00. The summed E-state index contributed by atoms with van der Waals surface area (Å²) < 4.78 is 11.6. The summed E-state index contributed by atoms with van der Waals surface area (Å²) in [4.78, 5) is 33.0. The van der Waals surface area contributed by atoms with Gasteiger partial charge in [0.2, 0.25) is 0 Å². The number of fused-ring (bicyclic) bond motifs is 4. The highest BCUT2D eigenvalue weighted by atomic mass is 16.6. The number of nitrogens with one attached hydrogen (secondary N) is 1. The van der Waals surface area contributed by atoms with Crippen molar-refractivity contribution in [1.82, 2.24) is 10.3 Å². The molecule has 0 spiro atoms. The lowest BCUT2D eigenvalue weighted by Crippen LogP contribution is -2.35. The number of nitrogens with zero attached hydrogens (tertiary/aromatic N) is 2. The van der Waals surface area contributed by atoms with Crippen LogP contribution in [0.4, 0.5) is 15.3 Å². The molecule has 0 fully saturated rings. The normalized spacial score (nSPS) is 12.5. The largest absolute Gasteiger partial charge is 0.448 e. The van der Waals surface area contributed by atoms with Crippen LogP contribution in [0.1, 0.15) is 62.8 Å². The quantitative estimate of drug-likeness (QED) is 0.182. The van der Waals surface area contributed by atoms with Crippen LogP contribution in [0.15, 0.2) is 97.2 Å². The maximum Gasteiger partial charge on any atom is 0.414 e. The van der Waals surface area contributed by atoms with E-state index in [0.717, 1.165) is 38.8 Å². The van der Waals surface area contributed by atoms with Crippen molar-refractivity contribution in [2.75, 3.05) is 18.1 Å². The third-order valence-electron chi connectivity index (χ3n) is 8.51. The van der Waals surface area contributed by atoms with Crippen LogP contribution in [0.25, 0.3) is 33.2 Å². The minimum Gasteiger partial charge on any atom is -0.448 e. The van der Waals surface area contributed by atoms with Gasteiger partial charge >= 0.3 is 12.2 Å². The first-order chi connectivity index (χ1) is 23.0. The minimum absolute atomic E-state index is 0.0313. The van der Waals surface area contributed by atoms with E-state index in [1.54, 1.807) is 11.1 Å². The maximum absolute atomic E-state index is 14.0. The van der Waals surface area contributed by atoms with Crippen molar-refractivity contribution in [3.05, 3.63) is 119 Å². The van der Waals surface area contributed by atoms with Crippen molar-refractivity contribution < 1.29 is 19.1 Å². The molecule has 0 atom stereocenters. The molecule has 4 aromatic carbocycles. The molecule has 1 aliphatic carbocycles. The lowest BCUT2D eigenvalue weighted by atomic mass is 9.95. The number of hydrogen-bond donors (Lipinski definition) is 1. The first-order valence-electron chi connectivity index (χ1n) is 16.6. The van der Waals surface area contributed by atoms with Crippen LogP contribution in [-0.4, -0.2) is 35.9 Å². The molecule has 2 amide bonds. The number of pyridine rings is 1. The summed E-state index contributed by atoms with van der Waals surface area (Å²) in [7, 11) is 0. The SMILES string of the molecule is Cc1ccc(-c2c(CNC(=O)OC(C)(C)C)cnc3ccc(N(CC(C)C)C(=O)OCC4c5ccccc5-c5ccccc54)cc23)cc1. The number of carbonyl (C=O) groups excluding carboxylic acids is 2. The Morgan fingerprint density at radius 1 is 0.896 bits per heavy atom. The van der Waals surface area contributed by atoms with Gasteiger partial charge in [0.15, 0.2) is 0 Å². The second-order valence-electron chi connectivity index (χ2n) is 13.9. The molecule has 6 rings (SSSR count). The third kappa shape index (κ3) is 7.05. The Bertz CT molecular complexity index is 1910. The number of hydrogen-bond acceptors (Lipinski definition) is 5. The van der Waals surface area contributed by atoms with Crippen LogP contribution in [0, 0.1) is 12.8 Å². The monoisotopic (exact) mass is 641 g/mol. The number of ether oxygens (including phenoxy) is 2. The van der Waals surface area contributed by atoms with Gasteiger partial charge in [0.25, 0.3) is 0 Å². The van der Waals surface area contributed by atoms with Gasteiger partial charge in [0.05, 0.1) is 5.52 Å². The van der Waals surface area contributed by atoms with Crippen molar-refractivity contribution in [3.8, 4) is 22.3 Å². The molecular formula is C41H43N3O4. The second-order valence-corrected chi connectivity index (χ2v) is 13.9. The fourth-order valence-electron chi connectivity index (χ4n) is 6.39. The van der Waals surface area contributed by atoms with Gasteiger partial charge in [-0.25, -0.2) is 9.59 Å². The average molecular weight is 642 g/mol. The van der Waals surface area contributed by atoms with E-state index in [0.29, 0.717) is 6.54 Å². The summed E-state index contributed by atoms with van der Waals surface area (Å²) in [6, 6.07) is 30.8. The van der Waals surface area contributed by atoms with E-state index in [1.807, 2.05) is 63.2 Å². The predicted octanol–water partition coefficient (Wildman–Crippen LogP) is 9.65. The molecule has 5 aromatic rings. The number of benzene rings is 4. The molecule has 1 N–H and O–H groups in total. The van der Waals surface area contributed by atoms with E-state index in [9.17, 15) is 9.59 Å². The number of rotatable bonds is 8. The topological polar surface area (TPSA) is 80.8 Å². The molecule has 1 aliphatic rings. The van der Waals surface area contributed by atoms with Gasteiger partial charge in [-0.1, -0.05) is 92.2 Å². The summed E-state index contributed by atoms with van der Waals surface area (Å²) >= 11 is 0. The molecule has 0 bridgehead atoms. The fourth-order valence-corrected chi connectivity index (χ4v) is 6.39. The Labute approximate surface area is 282 Å². The molecule has 7 nitrogen and oxygen atoms in total. The number of amides is 2. The zero-order valence-electron chi connectivity index (χ0n) is 28.5. The minimum atomic E-state index is -0.612. The highest BCUT2D eigenvalue weighted by Crippen LogP contribution is 2.44. The zero-order chi connectivity index (χ0) is 34.0. The smallest absolute Gasteiger partial charge is 0.414 e. The zero-order valence-corrected chi connectivity index (χ0v) is 28.5. The van der Waals surface area contributed by atoms with Crippen LogP contribution in [0.3, 0.4) is 0 Å². The van der Waals surface area contributed by atoms with E-state index in [1.165, 1.54) is 22.3 Å². The van der Waals surface area contributed by atoms with Crippen molar-refractivity contribution in [1.29, 1.82) is 0 Å². The molecular weight excluding hydrogens is 598 g/mol. The lowest BCUT2D eigenvalue weighted by molar-refractivity contribution is 0.0523. The lowest BCUT2D eigenvalue weighted by Gasteiger charge is -2.26. The second kappa shape index (κ2) is 13.5. The van der Waals surface area contributed by atoms with Crippen LogP contribution in [0.2, 0.25) is 0 Å². The third-order valence-corrected chi connectivity index (χ3v) is 8.51. The van der Waals surface area contributed by atoms with Crippen molar-refractivity contribution in [2.45, 2.75) is 59.6 Å². The molecule has 48 heavy (non-hydrogen) atoms. The van der Waals surface area contributed by atoms with E-state index in [2.05, 4.69) is 74.6 Å². The maximum atomic E-state index is 14.0. The van der Waals surface area contributed by atoms with Gasteiger partial charge in [0.1, 0.15) is 12.2 Å². The number of alkyl carbamates (subject to hydrolysis) is 1. The molecule has 1 aromatic heterocycles. The van der Waals surface area contributed by atoms with Gasteiger partial charge in [-0.3, -0.25) is 9.88 Å². The molecule has 0 aliphatic heterocycles. The summed E-state index contributed by atoms with van der Waals surface area (Å²) in [6.45, 7) is 12.7. The predicted molar refractivity (Wildman–Crippen MR) is 192 cm³/mol. The van der Waals surface area contributed by atoms with E-state index < -0.39 is 17.8 Å². The van der Waals surface area contributed by atoms with Crippen LogP contribution < -0.4 is 10.2 Å². The van der Waals surface area contributed by atoms with Crippen molar-refractivity contribution in [2.24, 2.45) is 5.92 Å². The average Bonchev–Trinajstić information content (AvgIpc) is 3.37. The first kappa shape index (κ1) is 32.8. The van der Waals surface area contributed by atoms with Gasteiger partial charge < -0.3 is 14.8 Å². The van der Waals surface area contributed by atoms with Gasteiger partial charge in [-0.15, -0.1) is 0 Å². The van der Waals surface area contributed by atoms with E-state index in [-0.39, 0.29) is 25.0 Å². The molecule has 0 unspecified atom stereocenters. The Balaban J connectivity index is 1.34. The summed E-state index contributed by atoms with van der Waals surface area (Å²) in [5, 5.41) is 3.77. The molecule has 0 radical (unpaired) electrons. The van der Waals surface area contributed by atoms with Gasteiger partial charge in [-0.2, -0.15) is 0 Å². The number of aryl methyl sites for hydroxylation is 1. The van der Waals surface area contributed by atoms with Crippen LogP contribution in [-0.2, 0) is 16.0 Å². The number of aromatic nitrogens is 1. The van der Waals surface area contributed by atoms with E-state index >= 15 is 0 Å². The van der Waals surface area contributed by atoms with Crippen LogP contribution >= 0.6 is 0 Å². The molecule has 1 heterocycles. The summed E-state index contributed by atoms with van der Waals surface area (Å²) in [5.41, 5.74) is 9.54. The van der Waals surface area contributed by atoms with Gasteiger partial charge in [0, 0.05) is 36.3 Å². The summed E-state index contributed by atoms with van der Waals surface area (Å²) in [5.74, 6) is 0.163. The van der Waals surface area contributed by atoms with Crippen molar-refractivity contribution in [3.63, 3.8) is 0 Å². The fraction of sp³-hybridized carbons (Fsp3) is 0.293. The van der Waals surface area contributed by atoms with Crippen LogP contribution in [0.5, 0.6) is 0 Å². The molecule has 7 heteroatoms. The molecule has 0 saturated heterocycles. The molecule has 246 valence electrons. The Kier molecular flexibility index (Phi) is 9.22. The summed E-state index contributed by atoms with van der Waals surface area (Å²) in [6.07, 6.45) is 0.911. The number of carbonyl (C=O) groups is 2. The van der Waals surface area contributed by atoms with Crippen molar-refractivity contribution >= 4 is 28.8 Å². The first-order valence-corrected chi connectivity index (χ1v) is 16.6.